The molecular weight excluding hydrogens is 484 g/mol. The molecule has 2 aromatic carbocycles. The van der Waals surface area contributed by atoms with Gasteiger partial charge in [-0.2, -0.15) is 0 Å². The van der Waals surface area contributed by atoms with Crippen LogP contribution in [-0.2, 0) is 16.6 Å². The van der Waals surface area contributed by atoms with Crippen molar-refractivity contribution < 1.29 is 14.3 Å². The largest absolute Gasteiger partial charge is 0.494 e. The average molecular weight is 509 g/mol. The standard InChI is InChI=1S/C25H24N4O4S2/c1-4-33-19-12-10-17(11-13-19)14-20-23(31)28(25(34)35-20)15-21(30)26-22-16(2)27(3)29(24(22)32)18-8-6-5-7-9-18/h5-14H,4,15H2,1-3H3,(H,26,30)/b20-14-. The summed E-state index contributed by atoms with van der Waals surface area (Å²) in [5.41, 5.74) is 1.90. The Morgan fingerprint density at radius 1 is 1.11 bits per heavy atom. The third-order valence-electron chi connectivity index (χ3n) is 5.48. The van der Waals surface area contributed by atoms with Gasteiger partial charge in [0.1, 0.15) is 22.3 Å². The lowest BCUT2D eigenvalue weighted by atomic mass is 10.2. The number of hydrogen-bond acceptors (Lipinski definition) is 6. The first-order chi connectivity index (χ1) is 16.8. The Kier molecular flexibility index (Phi) is 7.23. The molecule has 180 valence electrons. The van der Waals surface area contributed by atoms with Crippen molar-refractivity contribution in [2.75, 3.05) is 18.5 Å². The molecule has 3 aromatic rings. The molecule has 2 heterocycles. The minimum absolute atomic E-state index is 0.164. The molecule has 0 saturated carbocycles. The highest BCUT2D eigenvalue weighted by molar-refractivity contribution is 8.26. The lowest BCUT2D eigenvalue weighted by molar-refractivity contribution is -0.126. The number of anilines is 1. The number of rotatable bonds is 7. The first-order valence-electron chi connectivity index (χ1n) is 10.9. The Labute approximate surface area is 212 Å². The number of aromatic nitrogens is 2. The third kappa shape index (κ3) is 5.08. The van der Waals surface area contributed by atoms with Crippen LogP contribution in [-0.4, -0.2) is 43.6 Å². The molecule has 4 rings (SSSR count). The zero-order chi connectivity index (χ0) is 25.1. The molecule has 35 heavy (non-hydrogen) atoms. The Hall–Kier alpha value is -3.63. The van der Waals surface area contributed by atoms with Crippen molar-refractivity contribution in [3.63, 3.8) is 0 Å². The number of carbonyl (C=O) groups is 2. The van der Waals surface area contributed by atoms with Crippen molar-refractivity contribution in [3.8, 4) is 11.4 Å². The van der Waals surface area contributed by atoms with Gasteiger partial charge < -0.3 is 10.1 Å². The fraction of sp³-hybridized carbons (Fsp3) is 0.200. The van der Waals surface area contributed by atoms with Crippen LogP contribution in [0.5, 0.6) is 5.75 Å². The van der Waals surface area contributed by atoms with Crippen LogP contribution in [0.25, 0.3) is 11.8 Å². The number of benzene rings is 2. The number of nitrogens with zero attached hydrogens (tertiary/aromatic N) is 3. The fourth-order valence-electron chi connectivity index (χ4n) is 3.65. The Bertz CT molecular complexity index is 1370. The molecule has 1 N–H and O–H groups in total. The molecule has 1 aliphatic heterocycles. The van der Waals surface area contributed by atoms with E-state index >= 15 is 0 Å². The monoisotopic (exact) mass is 508 g/mol. The predicted molar refractivity (Wildman–Crippen MR) is 142 cm³/mol. The van der Waals surface area contributed by atoms with E-state index in [9.17, 15) is 14.4 Å². The summed E-state index contributed by atoms with van der Waals surface area (Å²) in [5, 5.41) is 2.67. The average Bonchev–Trinajstić information content (AvgIpc) is 3.22. The van der Waals surface area contributed by atoms with E-state index in [0.29, 0.717) is 22.9 Å². The second-order valence-electron chi connectivity index (χ2n) is 7.75. The van der Waals surface area contributed by atoms with E-state index in [1.165, 1.54) is 9.58 Å². The van der Waals surface area contributed by atoms with E-state index in [4.69, 9.17) is 17.0 Å². The van der Waals surface area contributed by atoms with Crippen LogP contribution >= 0.6 is 24.0 Å². The summed E-state index contributed by atoms with van der Waals surface area (Å²) in [6.07, 6.45) is 1.73. The number of hydrogen-bond donors (Lipinski definition) is 1. The molecule has 1 saturated heterocycles. The summed E-state index contributed by atoms with van der Waals surface area (Å²) < 4.78 is 8.87. The minimum Gasteiger partial charge on any atom is -0.494 e. The van der Waals surface area contributed by atoms with Crippen molar-refractivity contribution >= 4 is 51.9 Å². The molecule has 1 aliphatic rings. The highest BCUT2D eigenvalue weighted by Crippen LogP contribution is 2.32. The van der Waals surface area contributed by atoms with Gasteiger partial charge in [0.2, 0.25) is 5.91 Å². The zero-order valence-corrected chi connectivity index (χ0v) is 21.1. The number of amides is 2. The van der Waals surface area contributed by atoms with Crippen LogP contribution in [0, 0.1) is 6.92 Å². The highest BCUT2D eigenvalue weighted by Gasteiger charge is 2.33. The Morgan fingerprint density at radius 3 is 2.46 bits per heavy atom. The first-order valence-corrected chi connectivity index (χ1v) is 12.1. The quantitative estimate of drug-likeness (QED) is 0.387. The van der Waals surface area contributed by atoms with E-state index in [-0.39, 0.29) is 28.0 Å². The van der Waals surface area contributed by atoms with Gasteiger partial charge in [0.05, 0.1) is 22.9 Å². The van der Waals surface area contributed by atoms with E-state index in [1.807, 2.05) is 61.5 Å². The molecule has 0 aliphatic carbocycles. The number of carbonyl (C=O) groups excluding carboxylic acids is 2. The van der Waals surface area contributed by atoms with E-state index < -0.39 is 5.91 Å². The first kappa shape index (κ1) is 24.5. The number of thioether (sulfide) groups is 1. The molecule has 0 bridgehead atoms. The highest BCUT2D eigenvalue weighted by atomic mass is 32.2. The smallest absolute Gasteiger partial charge is 0.295 e. The van der Waals surface area contributed by atoms with Gasteiger partial charge in [-0.3, -0.25) is 24.0 Å². The molecule has 1 aromatic heterocycles. The third-order valence-corrected chi connectivity index (χ3v) is 6.86. The van der Waals surface area contributed by atoms with E-state index in [1.54, 1.807) is 24.7 Å². The molecular formula is C25H24N4O4S2. The van der Waals surface area contributed by atoms with Gasteiger partial charge in [-0.05, 0) is 49.8 Å². The van der Waals surface area contributed by atoms with Crippen LogP contribution < -0.4 is 15.6 Å². The summed E-state index contributed by atoms with van der Waals surface area (Å²) in [6, 6.07) is 16.5. The van der Waals surface area contributed by atoms with Gasteiger partial charge in [0.25, 0.3) is 11.5 Å². The summed E-state index contributed by atoms with van der Waals surface area (Å²) >= 11 is 6.48. The minimum atomic E-state index is -0.505. The van der Waals surface area contributed by atoms with Crippen molar-refractivity contribution in [1.29, 1.82) is 0 Å². The Balaban J connectivity index is 1.48. The van der Waals surface area contributed by atoms with Gasteiger partial charge in [0, 0.05) is 7.05 Å². The lowest BCUT2D eigenvalue weighted by Gasteiger charge is -2.13. The van der Waals surface area contributed by atoms with Gasteiger partial charge >= 0.3 is 0 Å². The lowest BCUT2D eigenvalue weighted by Crippen LogP contribution is -2.37. The summed E-state index contributed by atoms with van der Waals surface area (Å²) in [6.45, 7) is 3.94. The molecule has 0 spiro atoms. The maximum absolute atomic E-state index is 13.0. The van der Waals surface area contributed by atoms with Crippen LogP contribution in [0.15, 0.2) is 64.3 Å². The summed E-state index contributed by atoms with van der Waals surface area (Å²) in [7, 11) is 1.74. The van der Waals surface area contributed by atoms with Gasteiger partial charge in [-0.15, -0.1) is 0 Å². The topological polar surface area (TPSA) is 85.6 Å². The van der Waals surface area contributed by atoms with Gasteiger partial charge in [0.15, 0.2) is 0 Å². The predicted octanol–water partition coefficient (Wildman–Crippen LogP) is 3.72. The molecule has 10 heteroatoms. The van der Waals surface area contributed by atoms with E-state index in [2.05, 4.69) is 5.32 Å². The van der Waals surface area contributed by atoms with E-state index in [0.717, 1.165) is 23.1 Å². The zero-order valence-electron chi connectivity index (χ0n) is 19.5. The Morgan fingerprint density at radius 2 is 1.80 bits per heavy atom. The second-order valence-corrected chi connectivity index (χ2v) is 9.43. The number of ether oxygens (including phenoxy) is 1. The fourth-order valence-corrected chi connectivity index (χ4v) is 4.90. The number of thiocarbonyl (C=S) groups is 1. The molecule has 1 fully saturated rings. The number of para-hydroxylation sites is 1. The van der Waals surface area contributed by atoms with Crippen LogP contribution in [0.4, 0.5) is 5.69 Å². The number of nitrogens with one attached hydrogen (secondary N) is 1. The normalized spacial score (nSPS) is 14.6. The molecule has 0 radical (unpaired) electrons. The molecule has 0 atom stereocenters. The maximum Gasteiger partial charge on any atom is 0.295 e. The molecule has 0 unspecified atom stereocenters. The van der Waals surface area contributed by atoms with Crippen molar-refractivity contribution in [3.05, 3.63) is 81.1 Å². The van der Waals surface area contributed by atoms with Gasteiger partial charge in [-0.1, -0.05) is 54.3 Å². The molecule has 8 nitrogen and oxygen atoms in total. The maximum atomic E-state index is 13.0. The van der Waals surface area contributed by atoms with Crippen molar-refractivity contribution in [2.24, 2.45) is 7.05 Å². The summed E-state index contributed by atoms with van der Waals surface area (Å²) in [4.78, 5) is 40.4. The van der Waals surface area contributed by atoms with Crippen molar-refractivity contribution in [2.45, 2.75) is 13.8 Å². The van der Waals surface area contributed by atoms with Crippen molar-refractivity contribution in [1.82, 2.24) is 14.3 Å². The van der Waals surface area contributed by atoms with Gasteiger partial charge in [-0.25, -0.2) is 4.68 Å². The molecule has 2 amide bonds. The second kappa shape index (κ2) is 10.3. The van der Waals surface area contributed by atoms with Crippen LogP contribution in [0.1, 0.15) is 18.2 Å². The SMILES string of the molecule is CCOc1ccc(/C=C2\SC(=S)N(CC(=O)Nc3c(C)n(C)n(-c4ccccc4)c3=O)C2=O)cc1. The van der Waals surface area contributed by atoms with Crippen LogP contribution in [0.2, 0.25) is 0 Å². The van der Waals surface area contributed by atoms with Crippen LogP contribution in [0.3, 0.4) is 0 Å². The summed E-state index contributed by atoms with van der Waals surface area (Å²) in [5.74, 6) is -0.110.